The van der Waals surface area contributed by atoms with Gasteiger partial charge in [0.2, 0.25) is 5.88 Å². The molecule has 0 unspecified atom stereocenters. The third-order valence-electron chi connectivity index (χ3n) is 6.07. The number of piperidine rings is 1. The fourth-order valence-corrected chi connectivity index (χ4v) is 4.42. The Morgan fingerprint density at radius 2 is 2.04 bits per heavy atom. The van der Waals surface area contributed by atoms with Crippen LogP contribution in [0.2, 0.25) is 0 Å². The molecule has 148 valence electrons. The predicted octanol–water partition coefficient (Wildman–Crippen LogP) is 3.16. The lowest BCUT2D eigenvalue weighted by Crippen LogP contribution is -2.63. The summed E-state index contributed by atoms with van der Waals surface area (Å²) in [5, 5.41) is 0. The third-order valence-corrected chi connectivity index (χ3v) is 6.07. The van der Waals surface area contributed by atoms with Gasteiger partial charge in [-0.1, -0.05) is 18.6 Å². The number of hydrogen-bond donors (Lipinski definition) is 0. The first kappa shape index (κ1) is 18.9. The van der Waals surface area contributed by atoms with Gasteiger partial charge in [0.1, 0.15) is 6.33 Å². The number of ether oxygens (including phenoxy) is 1. The first-order valence-electron chi connectivity index (χ1n) is 10.1. The van der Waals surface area contributed by atoms with Crippen LogP contribution in [0.1, 0.15) is 42.2 Å². The Kier molecular flexibility index (Phi) is 5.31. The minimum absolute atomic E-state index is 0.0937. The number of likely N-dealkylation sites (tertiary alicyclic amines) is 2. The molecule has 1 amide bonds. The maximum absolute atomic E-state index is 13.0. The molecule has 0 spiro atoms. The molecule has 0 aliphatic carbocycles. The molecule has 1 aromatic heterocycles. The average Bonchev–Trinajstić information content (AvgIpc) is 2.68. The number of carbonyl (C=O) groups excluding carboxylic acids is 1. The molecule has 0 saturated carbocycles. The van der Waals surface area contributed by atoms with Gasteiger partial charge in [-0.2, -0.15) is 0 Å². The second-order valence-electron chi connectivity index (χ2n) is 7.87. The molecular formula is C22H28N4O2. The predicted molar refractivity (Wildman–Crippen MR) is 108 cm³/mol. The Hall–Kier alpha value is -2.47. The molecule has 0 radical (unpaired) electrons. The van der Waals surface area contributed by atoms with Crippen LogP contribution in [0.3, 0.4) is 0 Å². The van der Waals surface area contributed by atoms with Crippen molar-refractivity contribution in [3.8, 4) is 17.0 Å². The van der Waals surface area contributed by atoms with Crippen molar-refractivity contribution in [3.05, 3.63) is 41.9 Å². The molecule has 0 bridgehead atoms. The average molecular weight is 380 g/mol. The standard InChI is InChI=1S/C22H28N4O2/c1-15-7-4-5-10-26(15)19-12-25(13-19)22(27)18-9-6-8-17(11-18)20-16(2)23-14-24-21(20)28-3/h6,8-9,11,14-15,19H,4-5,7,10,12-13H2,1-3H3/t15-/m0/s1. The van der Waals surface area contributed by atoms with Crippen molar-refractivity contribution in [1.82, 2.24) is 19.8 Å². The molecule has 2 saturated heterocycles. The van der Waals surface area contributed by atoms with Gasteiger partial charge in [0.15, 0.2) is 0 Å². The van der Waals surface area contributed by atoms with E-state index in [-0.39, 0.29) is 5.91 Å². The zero-order chi connectivity index (χ0) is 19.7. The third kappa shape index (κ3) is 3.49. The van der Waals surface area contributed by atoms with E-state index in [4.69, 9.17) is 4.74 Å². The molecular weight excluding hydrogens is 352 g/mol. The van der Waals surface area contributed by atoms with Crippen LogP contribution in [0, 0.1) is 6.92 Å². The van der Waals surface area contributed by atoms with Crippen LogP contribution >= 0.6 is 0 Å². The molecule has 6 heteroatoms. The Morgan fingerprint density at radius 3 is 2.79 bits per heavy atom. The maximum atomic E-state index is 13.0. The quantitative estimate of drug-likeness (QED) is 0.815. The summed E-state index contributed by atoms with van der Waals surface area (Å²) in [5.74, 6) is 0.622. The topological polar surface area (TPSA) is 58.6 Å². The number of nitrogens with zero attached hydrogens (tertiary/aromatic N) is 4. The summed E-state index contributed by atoms with van der Waals surface area (Å²) in [4.78, 5) is 26.0. The van der Waals surface area contributed by atoms with Gasteiger partial charge >= 0.3 is 0 Å². The van der Waals surface area contributed by atoms with Crippen molar-refractivity contribution in [3.63, 3.8) is 0 Å². The summed E-state index contributed by atoms with van der Waals surface area (Å²) >= 11 is 0. The van der Waals surface area contributed by atoms with Gasteiger partial charge in [0, 0.05) is 30.7 Å². The summed E-state index contributed by atoms with van der Waals surface area (Å²) in [5.41, 5.74) is 3.28. The highest BCUT2D eigenvalue weighted by Crippen LogP contribution is 2.31. The van der Waals surface area contributed by atoms with Gasteiger partial charge in [-0.3, -0.25) is 9.69 Å². The second-order valence-corrected chi connectivity index (χ2v) is 7.87. The first-order valence-corrected chi connectivity index (χ1v) is 10.1. The highest BCUT2D eigenvalue weighted by molar-refractivity contribution is 5.96. The lowest BCUT2D eigenvalue weighted by atomic mass is 9.96. The van der Waals surface area contributed by atoms with E-state index in [0.29, 0.717) is 23.5 Å². The minimum atomic E-state index is 0.0937. The number of rotatable bonds is 4. The largest absolute Gasteiger partial charge is 0.480 e. The number of aryl methyl sites for hydroxylation is 1. The number of aromatic nitrogens is 2. The highest BCUT2D eigenvalue weighted by Gasteiger charge is 2.37. The lowest BCUT2D eigenvalue weighted by Gasteiger charge is -2.49. The van der Waals surface area contributed by atoms with Gasteiger partial charge in [-0.05, 0) is 50.9 Å². The monoisotopic (exact) mass is 380 g/mol. The van der Waals surface area contributed by atoms with E-state index in [1.807, 2.05) is 36.1 Å². The van der Waals surface area contributed by atoms with E-state index in [2.05, 4.69) is 21.8 Å². The van der Waals surface area contributed by atoms with Crippen LogP contribution < -0.4 is 4.74 Å². The zero-order valence-electron chi connectivity index (χ0n) is 16.9. The van der Waals surface area contributed by atoms with Crippen LogP contribution in [0.25, 0.3) is 11.1 Å². The van der Waals surface area contributed by atoms with E-state index in [0.717, 1.165) is 36.5 Å². The van der Waals surface area contributed by atoms with Crippen molar-refractivity contribution in [2.45, 2.75) is 45.2 Å². The van der Waals surface area contributed by atoms with Gasteiger partial charge in [-0.15, -0.1) is 0 Å². The summed E-state index contributed by atoms with van der Waals surface area (Å²) in [6, 6.07) is 8.83. The Morgan fingerprint density at radius 1 is 1.21 bits per heavy atom. The van der Waals surface area contributed by atoms with Crippen molar-refractivity contribution in [2.75, 3.05) is 26.7 Å². The van der Waals surface area contributed by atoms with Crippen molar-refractivity contribution in [2.24, 2.45) is 0 Å². The molecule has 1 aromatic carbocycles. The molecule has 2 aromatic rings. The van der Waals surface area contributed by atoms with Crippen molar-refractivity contribution < 1.29 is 9.53 Å². The normalized spacial score (nSPS) is 20.7. The Labute approximate surface area is 166 Å². The molecule has 1 atom stereocenters. The van der Waals surface area contributed by atoms with Crippen LogP contribution in [-0.4, -0.2) is 64.5 Å². The summed E-state index contributed by atoms with van der Waals surface area (Å²) in [6.45, 7) is 7.05. The Bertz CT molecular complexity index is 863. The van der Waals surface area contributed by atoms with Crippen molar-refractivity contribution >= 4 is 5.91 Å². The summed E-state index contributed by atoms with van der Waals surface area (Å²) < 4.78 is 5.40. The van der Waals surface area contributed by atoms with E-state index in [1.165, 1.54) is 25.6 Å². The molecule has 2 aliphatic rings. The van der Waals surface area contributed by atoms with Gasteiger partial charge in [0.25, 0.3) is 5.91 Å². The molecule has 2 aliphatic heterocycles. The van der Waals surface area contributed by atoms with Gasteiger partial charge < -0.3 is 9.64 Å². The number of methoxy groups -OCH3 is 1. The second kappa shape index (κ2) is 7.87. The van der Waals surface area contributed by atoms with Gasteiger partial charge in [-0.25, -0.2) is 9.97 Å². The van der Waals surface area contributed by atoms with Crippen LogP contribution in [-0.2, 0) is 0 Å². The Balaban J connectivity index is 1.49. The van der Waals surface area contributed by atoms with Crippen LogP contribution in [0.5, 0.6) is 5.88 Å². The van der Waals surface area contributed by atoms with E-state index >= 15 is 0 Å². The first-order chi connectivity index (χ1) is 13.6. The SMILES string of the molecule is COc1ncnc(C)c1-c1cccc(C(=O)N2CC(N3CCCC[C@@H]3C)C2)c1. The highest BCUT2D eigenvalue weighted by atomic mass is 16.5. The van der Waals surface area contributed by atoms with Crippen LogP contribution in [0.15, 0.2) is 30.6 Å². The fraction of sp³-hybridized carbons (Fsp3) is 0.500. The smallest absolute Gasteiger partial charge is 0.253 e. The molecule has 0 N–H and O–H groups in total. The number of amides is 1. The van der Waals surface area contributed by atoms with E-state index in [9.17, 15) is 4.79 Å². The number of hydrogen-bond acceptors (Lipinski definition) is 5. The van der Waals surface area contributed by atoms with Crippen LogP contribution in [0.4, 0.5) is 0 Å². The van der Waals surface area contributed by atoms with Crippen molar-refractivity contribution in [1.29, 1.82) is 0 Å². The zero-order valence-corrected chi connectivity index (χ0v) is 16.9. The van der Waals surface area contributed by atoms with Gasteiger partial charge in [0.05, 0.1) is 18.4 Å². The molecule has 28 heavy (non-hydrogen) atoms. The fourth-order valence-electron chi connectivity index (χ4n) is 4.42. The lowest BCUT2D eigenvalue weighted by molar-refractivity contribution is 0.00213. The number of benzene rings is 1. The molecule has 6 nitrogen and oxygen atoms in total. The van der Waals surface area contributed by atoms with E-state index < -0.39 is 0 Å². The molecule has 2 fully saturated rings. The molecule has 4 rings (SSSR count). The molecule has 3 heterocycles. The summed E-state index contributed by atoms with van der Waals surface area (Å²) in [6.07, 6.45) is 5.37. The van der Waals surface area contributed by atoms with E-state index in [1.54, 1.807) is 7.11 Å². The summed E-state index contributed by atoms with van der Waals surface area (Å²) in [7, 11) is 1.60. The number of carbonyl (C=O) groups is 1. The maximum Gasteiger partial charge on any atom is 0.253 e. The minimum Gasteiger partial charge on any atom is -0.480 e.